The van der Waals surface area contributed by atoms with Crippen LogP contribution in [0.2, 0.25) is 0 Å². The maximum Gasteiger partial charge on any atom is 0.329 e. The van der Waals surface area contributed by atoms with Gasteiger partial charge in [-0.3, -0.25) is 14.5 Å². The van der Waals surface area contributed by atoms with Gasteiger partial charge < -0.3 is 15.5 Å². The highest BCUT2D eigenvalue weighted by molar-refractivity contribution is 6.07. The summed E-state index contributed by atoms with van der Waals surface area (Å²) in [6, 6.07) is 17.2. The molecule has 44 heavy (non-hydrogen) atoms. The molecule has 3 amide bonds. The van der Waals surface area contributed by atoms with E-state index < -0.39 is 17.9 Å². The van der Waals surface area contributed by atoms with Gasteiger partial charge in [-0.15, -0.1) is 0 Å². The van der Waals surface area contributed by atoms with E-state index in [1.165, 1.54) is 30.4 Å². The number of nitrogens with zero attached hydrogens (tertiary/aromatic N) is 2. The molecule has 8 nitrogen and oxygen atoms in total. The van der Waals surface area contributed by atoms with Gasteiger partial charge in [-0.25, -0.2) is 4.79 Å². The number of anilines is 2. The number of hydrogen-bond acceptors (Lipinski definition) is 5. The molecule has 2 aliphatic rings. The number of likely N-dealkylation sites (tertiary alicyclic amines) is 1. The summed E-state index contributed by atoms with van der Waals surface area (Å²) in [5.74, 6) is -0.996. The highest BCUT2D eigenvalue weighted by Gasteiger charge is 2.31. The van der Waals surface area contributed by atoms with Crippen molar-refractivity contribution in [2.24, 2.45) is 0 Å². The molecule has 232 valence electrons. The molecule has 3 aromatic carbocycles. The van der Waals surface area contributed by atoms with Gasteiger partial charge in [0.05, 0.1) is 17.3 Å². The van der Waals surface area contributed by atoms with Crippen molar-refractivity contribution in [2.75, 3.05) is 23.7 Å². The van der Waals surface area contributed by atoms with Crippen molar-refractivity contribution < 1.29 is 19.2 Å². The Kier molecular flexibility index (Phi) is 10.0. The Morgan fingerprint density at radius 1 is 0.818 bits per heavy atom. The van der Waals surface area contributed by atoms with Crippen LogP contribution < -0.4 is 10.6 Å². The minimum Gasteiger partial charge on any atom is -0.338 e. The lowest BCUT2D eigenvalue weighted by Crippen LogP contribution is -2.42. The Bertz CT molecular complexity index is 1480. The number of rotatable bonds is 7. The molecule has 8 heteroatoms. The zero-order valence-electron chi connectivity index (χ0n) is 26.4. The fourth-order valence-electron chi connectivity index (χ4n) is 6.51. The Morgan fingerprint density at radius 2 is 1.45 bits per heavy atom. The van der Waals surface area contributed by atoms with E-state index in [1.54, 1.807) is 6.07 Å². The van der Waals surface area contributed by atoms with Crippen molar-refractivity contribution in [3.8, 4) is 11.1 Å². The standard InChI is InChI=1S/C36H44N4O4/c1-24-20-25(2)34(26(3)21-24)38-36(43)37-33-22-30(29-14-12-28(13-15-29)23-39-18-8-9-19-39)16-17-32(33)35(42)40(44-27(4)41)31-10-6-5-7-11-31/h12-17,20-22,31H,5-11,18-19,23H2,1-4H3,(H2,37,38,43). The minimum absolute atomic E-state index is 0.206. The fraction of sp³-hybridized carbons (Fsp3) is 0.417. The van der Waals surface area contributed by atoms with Crippen molar-refractivity contribution in [3.63, 3.8) is 0 Å². The number of urea groups is 1. The van der Waals surface area contributed by atoms with Crippen molar-refractivity contribution in [3.05, 3.63) is 82.4 Å². The van der Waals surface area contributed by atoms with Crippen LogP contribution in [0.3, 0.4) is 0 Å². The predicted molar refractivity (Wildman–Crippen MR) is 174 cm³/mol. The molecular weight excluding hydrogens is 552 g/mol. The molecule has 0 spiro atoms. The zero-order valence-corrected chi connectivity index (χ0v) is 26.4. The van der Waals surface area contributed by atoms with Crippen molar-refractivity contribution in [2.45, 2.75) is 85.2 Å². The molecule has 1 aliphatic carbocycles. The molecule has 5 rings (SSSR count). The van der Waals surface area contributed by atoms with Gasteiger partial charge in [-0.1, -0.05) is 67.3 Å². The second-order valence-corrected chi connectivity index (χ2v) is 12.3. The number of carbonyl (C=O) groups is 3. The van der Waals surface area contributed by atoms with Crippen LogP contribution in [0.25, 0.3) is 11.1 Å². The highest BCUT2D eigenvalue weighted by atomic mass is 16.7. The molecule has 2 N–H and O–H groups in total. The summed E-state index contributed by atoms with van der Waals surface area (Å²) in [6.07, 6.45) is 7.05. The molecule has 1 saturated heterocycles. The lowest BCUT2D eigenvalue weighted by atomic mass is 9.94. The zero-order chi connectivity index (χ0) is 31.2. The lowest BCUT2D eigenvalue weighted by molar-refractivity contribution is -0.185. The molecule has 1 heterocycles. The summed E-state index contributed by atoms with van der Waals surface area (Å²) in [5, 5.41) is 7.15. The van der Waals surface area contributed by atoms with Gasteiger partial charge in [-0.05, 0) is 99.5 Å². The Labute approximate surface area is 260 Å². The number of benzene rings is 3. The van der Waals surface area contributed by atoms with Crippen LogP contribution in [0, 0.1) is 20.8 Å². The van der Waals surface area contributed by atoms with E-state index in [1.807, 2.05) is 45.0 Å². The third-order valence-electron chi connectivity index (χ3n) is 8.64. The van der Waals surface area contributed by atoms with E-state index in [9.17, 15) is 14.4 Å². The van der Waals surface area contributed by atoms with Crippen molar-refractivity contribution in [1.29, 1.82) is 0 Å². The van der Waals surface area contributed by atoms with Crippen LogP contribution in [-0.4, -0.2) is 47.0 Å². The summed E-state index contributed by atoms with van der Waals surface area (Å²) in [6.45, 7) is 10.5. The smallest absolute Gasteiger partial charge is 0.329 e. The first-order chi connectivity index (χ1) is 21.2. The van der Waals surface area contributed by atoms with E-state index >= 15 is 0 Å². The number of hydroxylamine groups is 2. The van der Waals surface area contributed by atoms with Gasteiger partial charge in [0.15, 0.2) is 0 Å². The normalized spacial score (nSPS) is 15.5. The first-order valence-electron chi connectivity index (χ1n) is 15.8. The largest absolute Gasteiger partial charge is 0.338 e. The Balaban J connectivity index is 1.45. The predicted octanol–water partition coefficient (Wildman–Crippen LogP) is 7.77. The molecule has 1 saturated carbocycles. The Morgan fingerprint density at radius 3 is 2.09 bits per heavy atom. The van der Waals surface area contributed by atoms with Crippen LogP contribution in [0.5, 0.6) is 0 Å². The van der Waals surface area contributed by atoms with Gasteiger partial charge in [0, 0.05) is 19.2 Å². The molecule has 0 radical (unpaired) electrons. The number of nitrogens with one attached hydrogen (secondary N) is 2. The minimum atomic E-state index is -0.549. The monoisotopic (exact) mass is 596 g/mol. The number of aryl methyl sites for hydroxylation is 3. The summed E-state index contributed by atoms with van der Waals surface area (Å²) in [4.78, 5) is 47.5. The van der Waals surface area contributed by atoms with Crippen LogP contribution in [0.4, 0.5) is 16.2 Å². The molecular formula is C36H44N4O4. The van der Waals surface area contributed by atoms with Gasteiger partial charge in [0.2, 0.25) is 0 Å². The van der Waals surface area contributed by atoms with E-state index in [4.69, 9.17) is 4.84 Å². The van der Waals surface area contributed by atoms with Gasteiger partial charge in [-0.2, -0.15) is 5.06 Å². The van der Waals surface area contributed by atoms with Crippen LogP contribution in [-0.2, 0) is 16.2 Å². The number of amides is 3. The second-order valence-electron chi connectivity index (χ2n) is 12.3. The fourth-order valence-corrected chi connectivity index (χ4v) is 6.51. The van der Waals surface area contributed by atoms with Gasteiger partial charge in [0.25, 0.3) is 5.91 Å². The van der Waals surface area contributed by atoms with E-state index in [0.29, 0.717) is 5.69 Å². The average molecular weight is 597 g/mol. The van der Waals surface area contributed by atoms with Crippen LogP contribution >= 0.6 is 0 Å². The van der Waals surface area contributed by atoms with E-state index in [0.717, 1.165) is 85.2 Å². The Hall–Kier alpha value is -4.17. The third-order valence-corrected chi connectivity index (χ3v) is 8.64. The molecule has 2 fully saturated rings. The molecule has 3 aromatic rings. The third kappa shape index (κ3) is 7.66. The van der Waals surface area contributed by atoms with Crippen molar-refractivity contribution >= 4 is 29.3 Å². The van der Waals surface area contributed by atoms with E-state index in [-0.39, 0.29) is 11.6 Å². The highest BCUT2D eigenvalue weighted by Crippen LogP contribution is 2.31. The summed E-state index contributed by atoms with van der Waals surface area (Å²) in [5.41, 5.74) is 7.47. The molecule has 0 atom stereocenters. The van der Waals surface area contributed by atoms with Crippen LogP contribution in [0.1, 0.15) is 84.5 Å². The van der Waals surface area contributed by atoms with Crippen LogP contribution in [0.15, 0.2) is 54.6 Å². The summed E-state index contributed by atoms with van der Waals surface area (Å²) < 4.78 is 0. The second kappa shape index (κ2) is 14.1. The summed E-state index contributed by atoms with van der Waals surface area (Å²) in [7, 11) is 0. The molecule has 0 unspecified atom stereocenters. The molecule has 1 aliphatic heterocycles. The maximum absolute atomic E-state index is 14.0. The average Bonchev–Trinajstić information content (AvgIpc) is 3.51. The number of hydrogen-bond donors (Lipinski definition) is 2. The number of carbonyl (C=O) groups excluding carboxylic acids is 3. The van der Waals surface area contributed by atoms with E-state index in [2.05, 4.69) is 39.8 Å². The quantitative estimate of drug-likeness (QED) is 0.272. The first-order valence-corrected chi connectivity index (χ1v) is 15.8. The van der Waals surface area contributed by atoms with Gasteiger partial charge in [0.1, 0.15) is 0 Å². The molecule has 0 bridgehead atoms. The first kappa shape index (κ1) is 31.3. The lowest BCUT2D eigenvalue weighted by Gasteiger charge is -2.32. The van der Waals surface area contributed by atoms with Crippen molar-refractivity contribution in [1.82, 2.24) is 9.96 Å². The van der Waals surface area contributed by atoms with Gasteiger partial charge >= 0.3 is 12.0 Å². The molecule has 0 aromatic heterocycles. The topological polar surface area (TPSA) is 91.0 Å². The maximum atomic E-state index is 14.0. The summed E-state index contributed by atoms with van der Waals surface area (Å²) >= 11 is 0. The SMILES string of the molecule is CC(=O)ON(C(=O)c1ccc(-c2ccc(CN3CCCC3)cc2)cc1NC(=O)Nc1c(C)cc(C)cc1C)C1CCCCC1.